The largest absolute Gasteiger partial charge is 0.401 e. The molecule has 0 unspecified atom stereocenters. The fourth-order valence-corrected chi connectivity index (χ4v) is 1.44. The minimum atomic E-state index is -4.18. The van der Waals surface area contributed by atoms with E-state index in [1.54, 1.807) is 19.1 Å². The van der Waals surface area contributed by atoms with Gasteiger partial charge in [0.2, 0.25) is 0 Å². The molecule has 1 heterocycles. The Kier molecular flexibility index (Phi) is 4.71. The average Bonchev–Trinajstić information content (AvgIpc) is 2.26. The molecule has 0 aromatic carbocycles. The number of nitrogens with zero attached hydrogens (tertiary/aromatic N) is 2. The molecule has 1 aromatic heterocycles. The lowest BCUT2D eigenvalue weighted by Gasteiger charge is -2.21. The Balaban J connectivity index is 2.67. The zero-order chi connectivity index (χ0) is 12.9. The van der Waals surface area contributed by atoms with Crippen LogP contribution in [0.15, 0.2) is 18.3 Å². The molecule has 3 N–H and O–H groups in total. The van der Waals surface area contributed by atoms with E-state index in [4.69, 9.17) is 5.84 Å². The number of alkyl halides is 3. The SMILES string of the molecule is CCN(Cc1ccnc(NN)c1)CC(F)(F)F. The van der Waals surface area contributed by atoms with E-state index in [0.717, 1.165) is 5.56 Å². The molecule has 0 aliphatic carbocycles. The highest BCUT2D eigenvalue weighted by Crippen LogP contribution is 2.18. The predicted molar refractivity (Wildman–Crippen MR) is 59.1 cm³/mol. The number of halogens is 3. The van der Waals surface area contributed by atoms with Crippen molar-refractivity contribution >= 4 is 5.82 Å². The van der Waals surface area contributed by atoms with Crippen LogP contribution in [0.5, 0.6) is 0 Å². The van der Waals surface area contributed by atoms with E-state index in [9.17, 15) is 13.2 Å². The van der Waals surface area contributed by atoms with Gasteiger partial charge in [-0.2, -0.15) is 13.2 Å². The second kappa shape index (κ2) is 5.83. The molecule has 0 saturated heterocycles. The summed E-state index contributed by atoms with van der Waals surface area (Å²) >= 11 is 0. The van der Waals surface area contributed by atoms with Crippen LogP contribution < -0.4 is 11.3 Å². The molecule has 0 saturated carbocycles. The Labute approximate surface area is 97.6 Å². The summed E-state index contributed by atoms with van der Waals surface area (Å²) in [5.74, 6) is 5.61. The molecule has 0 bridgehead atoms. The number of hydrogen-bond acceptors (Lipinski definition) is 4. The summed E-state index contributed by atoms with van der Waals surface area (Å²) < 4.78 is 36.8. The monoisotopic (exact) mass is 248 g/mol. The highest BCUT2D eigenvalue weighted by atomic mass is 19.4. The molecule has 0 amide bonds. The van der Waals surface area contributed by atoms with Gasteiger partial charge in [-0.05, 0) is 24.2 Å². The normalized spacial score (nSPS) is 11.9. The van der Waals surface area contributed by atoms with E-state index in [2.05, 4.69) is 10.4 Å². The average molecular weight is 248 g/mol. The lowest BCUT2D eigenvalue weighted by Crippen LogP contribution is -2.33. The highest BCUT2D eigenvalue weighted by molar-refractivity contribution is 5.35. The Morgan fingerprint density at radius 2 is 2.18 bits per heavy atom. The summed E-state index contributed by atoms with van der Waals surface area (Å²) in [4.78, 5) is 5.19. The van der Waals surface area contributed by atoms with Gasteiger partial charge < -0.3 is 5.43 Å². The third kappa shape index (κ3) is 5.01. The smallest absolute Gasteiger partial charge is 0.308 e. The van der Waals surface area contributed by atoms with Crippen molar-refractivity contribution in [2.45, 2.75) is 19.6 Å². The van der Waals surface area contributed by atoms with Crippen molar-refractivity contribution in [1.29, 1.82) is 0 Å². The minimum Gasteiger partial charge on any atom is -0.308 e. The first-order chi connectivity index (χ1) is 7.94. The van der Waals surface area contributed by atoms with Crippen LogP contribution in [0.2, 0.25) is 0 Å². The summed E-state index contributed by atoms with van der Waals surface area (Å²) in [6, 6.07) is 3.29. The number of nitrogens with two attached hydrogens (primary N) is 1. The van der Waals surface area contributed by atoms with Crippen LogP contribution in [0.1, 0.15) is 12.5 Å². The van der Waals surface area contributed by atoms with Crippen molar-refractivity contribution in [2.24, 2.45) is 5.84 Å². The molecule has 0 aliphatic rings. The molecule has 17 heavy (non-hydrogen) atoms. The zero-order valence-electron chi connectivity index (χ0n) is 9.46. The van der Waals surface area contributed by atoms with E-state index in [0.29, 0.717) is 12.4 Å². The van der Waals surface area contributed by atoms with Gasteiger partial charge in [-0.25, -0.2) is 10.8 Å². The van der Waals surface area contributed by atoms with Gasteiger partial charge in [-0.1, -0.05) is 6.92 Å². The number of nitrogen functional groups attached to an aromatic ring is 1. The number of rotatable bonds is 5. The highest BCUT2D eigenvalue weighted by Gasteiger charge is 2.29. The van der Waals surface area contributed by atoms with Gasteiger partial charge in [0.05, 0.1) is 6.54 Å². The van der Waals surface area contributed by atoms with Crippen molar-refractivity contribution in [2.75, 3.05) is 18.5 Å². The maximum atomic E-state index is 12.3. The molecular weight excluding hydrogens is 233 g/mol. The van der Waals surface area contributed by atoms with Gasteiger partial charge in [-0.3, -0.25) is 4.90 Å². The van der Waals surface area contributed by atoms with E-state index in [1.807, 2.05) is 0 Å². The summed E-state index contributed by atoms with van der Waals surface area (Å²) in [6.45, 7) is 1.31. The lowest BCUT2D eigenvalue weighted by molar-refractivity contribution is -0.146. The topological polar surface area (TPSA) is 54.2 Å². The van der Waals surface area contributed by atoms with Gasteiger partial charge in [-0.15, -0.1) is 0 Å². The van der Waals surface area contributed by atoms with Gasteiger partial charge >= 0.3 is 6.18 Å². The molecule has 0 atom stereocenters. The molecule has 96 valence electrons. The fraction of sp³-hybridized carbons (Fsp3) is 0.500. The number of anilines is 1. The molecule has 4 nitrogen and oxygen atoms in total. The van der Waals surface area contributed by atoms with Gasteiger partial charge in [0.25, 0.3) is 0 Å². The molecule has 0 radical (unpaired) electrons. The van der Waals surface area contributed by atoms with Crippen LogP contribution in [0.3, 0.4) is 0 Å². The number of nitrogens with one attached hydrogen (secondary N) is 1. The van der Waals surface area contributed by atoms with E-state index >= 15 is 0 Å². The molecule has 1 rings (SSSR count). The number of hydrazine groups is 1. The summed E-state index contributed by atoms with van der Waals surface area (Å²) in [5, 5.41) is 0. The Morgan fingerprint density at radius 3 is 2.71 bits per heavy atom. The van der Waals surface area contributed by atoms with Crippen LogP contribution in [-0.4, -0.2) is 29.1 Å². The van der Waals surface area contributed by atoms with Crippen LogP contribution >= 0.6 is 0 Å². The van der Waals surface area contributed by atoms with Crippen molar-refractivity contribution in [3.8, 4) is 0 Å². The molecule has 0 fully saturated rings. The minimum absolute atomic E-state index is 0.215. The Hall–Kier alpha value is -1.34. The molecule has 0 aliphatic heterocycles. The van der Waals surface area contributed by atoms with Crippen molar-refractivity contribution in [3.63, 3.8) is 0 Å². The quantitative estimate of drug-likeness (QED) is 0.615. The van der Waals surface area contributed by atoms with E-state index < -0.39 is 12.7 Å². The number of hydrogen-bond donors (Lipinski definition) is 2. The number of aromatic nitrogens is 1. The van der Waals surface area contributed by atoms with Crippen LogP contribution in [0.4, 0.5) is 19.0 Å². The Morgan fingerprint density at radius 1 is 1.47 bits per heavy atom. The predicted octanol–water partition coefficient (Wildman–Crippen LogP) is 1.75. The first-order valence-corrected chi connectivity index (χ1v) is 5.15. The van der Waals surface area contributed by atoms with Crippen LogP contribution in [0.25, 0.3) is 0 Å². The van der Waals surface area contributed by atoms with Gasteiger partial charge in [0.1, 0.15) is 5.82 Å². The zero-order valence-corrected chi connectivity index (χ0v) is 9.46. The van der Waals surface area contributed by atoms with Crippen molar-refractivity contribution in [3.05, 3.63) is 23.9 Å². The summed E-state index contributed by atoms with van der Waals surface area (Å²) in [6.07, 6.45) is -2.68. The van der Waals surface area contributed by atoms with Gasteiger partial charge in [0.15, 0.2) is 0 Å². The van der Waals surface area contributed by atoms with E-state index in [1.165, 1.54) is 11.1 Å². The summed E-state index contributed by atoms with van der Waals surface area (Å²) in [7, 11) is 0. The van der Waals surface area contributed by atoms with Crippen molar-refractivity contribution in [1.82, 2.24) is 9.88 Å². The molecule has 0 spiro atoms. The third-order valence-electron chi connectivity index (χ3n) is 2.23. The summed E-state index contributed by atoms with van der Waals surface area (Å²) in [5.41, 5.74) is 3.09. The standard InChI is InChI=1S/C10H15F3N4/c1-2-17(7-10(11,12)13)6-8-3-4-15-9(5-8)16-14/h3-5H,2,6-7,14H2,1H3,(H,15,16). The fourth-order valence-electron chi connectivity index (χ4n) is 1.44. The third-order valence-corrected chi connectivity index (χ3v) is 2.23. The molecular formula is C10H15F3N4. The van der Waals surface area contributed by atoms with Gasteiger partial charge in [0, 0.05) is 12.7 Å². The molecule has 1 aromatic rings. The van der Waals surface area contributed by atoms with Crippen LogP contribution in [0, 0.1) is 0 Å². The Bertz CT molecular complexity index is 354. The maximum Gasteiger partial charge on any atom is 0.401 e. The second-order valence-corrected chi connectivity index (χ2v) is 3.61. The van der Waals surface area contributed by atoms with E-state index in [-0.39, 0.29) is 6.54 Å². The number of pyridine rings is 1. The second-order valence-electron chi connectivity index (χ2n) is 3.61. The first-order valence-electron chi connectivity index (χ1n) is 5.15. The van der Waals surface area contributed by atoms with Crippen molar-refractivity contribution < 1.29 is 13.2 Å². The first kappa shape index (κ1) is 13.7. The molecule has 7 heteroatoms. The lowest BCUT2D eigenvalue weighted by atomic mass is 10.2. The maximum absolute atomic E-state index is 12.3. The van der Waals surface area contributed by atoms with Crippen LogP contribution in [-0.2, 0) is 6.54 Å².